The lowest BCUT2D eigenvalue weighted by atomic mass is 10.2. The standard InChI is InChI=1S/C10H17N3OS/c1-8-12-10(13-14-8)4-5-11-9-3-2-6-15-7-9/h9,11H,2-7H2,1H3. The topological polar surface area (TPSA) is 51.0 Å². The van der Waals surface area contributed by atoms with Crippen molar-refractivity contribution in [2.45, 2.75) is 32.2 Å². The van der Waals surface area contributed by atoms with Crippen molar-refractivity contribution in [2.24, 2.45) is 0 Å². The smallest absolute Gasteiger partial charge is 0.223 e. The molecule has 0 radical (unpaired) electrons. The molecule has 1 atom stereocenters. The summed E-state index contributed by atoms with van der Waals surface area (Å²) >= 11 is 2.04. The molecule has 0 amide bonds. The van der Waals surface area contributed by atoms with Crippen LogP contribution in [0.5, 0.6) is 0 Å². The first-order chi connectivity index (χ1) is 7.34. The van der Waals surface area contributed by atoms with Crippen LogP contribution < -0.4 is 5.32 Å². The van der Waals surface area contributed by atoms with E-state index in [1.165, 1.54) is 24.3 Å². The lowest BCUT2D eigenvalue weighted by molar-refractivity contribution is 0.386. The van der Waals surface area contributed by atoms with E-state index < -0.39 is 0 Å². The highest BCUT2D eigenvalue weighted by Crippen LogP contribution is 2.16. The van der Waals surface area contributed by atoms with Gasteiger partial charge in [0.05, 0.1) is 0 Å². The molecular formula is C10H17N3OS. The van der Waals surface area contributed by atoms with Gasteiger partial charge in [-0.1, -0.05) is 5.16 Å². The van der Waals surface area contributed by atoms with Crippen LogP contribution in [-0.2, 0) is 6.42 Å². The Morgan fingerprint density at radius 3 is 3.20 bits per heavy atom. The zero-order chi connectivity index (χ0) is 10.5. The van der Waals surface area contributed by atoms with Gasteiger partial charge >= 0.3 is 0 Å². The Labute approximate surface area is 94.2 Å². The average molecular weight is 227 g/mol. The molecule has 4 nitrogen and oxygen atoms in total. The molecule has 84 valence electrons. The molecule has 1 saturated heterocycles. The number of hydrogen-bond donors (Lipinski definition) is 1. The molecule has 1 aliphatic rings. The van der Waals surface area contributed by atoms with Crippen molar-refractivity contribution in [1.29, 1.82) is 0 Å². The molecule has 0 aliphatic carbocycles. The normalized spacial score (nSPS) is 21.8. The molecule has 1 fully saturated rings. The first-order valence-corrected chi connectivity index (χ1v) is 6.60. The molecule has 1 aromatic heterocycles. The Bertz CT molecular complexity index is 297. The van der Waals surface area contributed by atoms with Crippen molar-refractivity contribution >= 4 is 11.8 Å². The molecule has 1 unspecified atom stereocenters. The van der Waals surface area contributed by atoms with Crippen LogP contribution in [0.3, 0.4) is 0 Å². The predicted molar refractivity (Wildman–Crippen MR) is 61.1 cm³/mol. The fourth-order valence-electron chi connectivity index (χ4n) is 1.73. The Morgan fingerprint density at radius 1 is 1.60 bits per heavy atom. The van der Waals surface area contributed by atoms with Gasteiger partial charge in [0.2, 0.25) is 5.89 Å². The van der Waals surface area contributed by atoms with Gasteiger partial charge in [-0.05, 0) is 18.6 Å². The van der Waals surface area contributed by atoms with E-state index in [1.54, 1.807) is 0 Å². The minimum Gasteiger partial charge on any atom is -0.340 e. The van der Waals surface area contributed by atoms with Gasteiger partial charge < -0.3 is 9.84 Å². The van der Waals surface area contributed by atoms with Crippen LogP contribution >= 0.6 is 11.8 Å². The van der Waals surface area contributed by atoms with Crippen molar-refractivity contribution in [3.8, 4) is 0 Å². The van der Waals surface area contributed by atoms with E-state index in [9.17, 15) is 0 Å². The Balaban J connectivity index is 1.65. The molecule has 0 bridgehead atoms. The maximum Gasteiger partial charge on any atom is 0.223 e. The van der Waals surface area contributed by atoms with Crippen LogP contribution in [0.25, 0.3) is 0 Å². The quantitative estimate of drug-likeness (QED) is 0.842. The fraction of sp³-hybridized carbons (Fsp3) is 0.800. The third-order valence-corrected chi connectivity index (χ3v) is 3.73. The third kappa shape index (κ3) is 3.50. The van der Waals surface area contributed by atoms with E-state index in [4.69, 9.17) is 4.52 Å². The molecular weight excluding hydrogens is 210 g/mol. The molecule has 0 saturated carbocycles. The average Bonchev–Trinajstić information content (AvgIpc) is 2.66. The zero-order valence-corrected chi connectivity index (χ0v) is 9.85. The largest absolute Gasteiger partial charge is 0.340 e. The number of aryl methyl sites for hydroxylation is 1. The summed E-state index contributed by atoms with van der Waals surface area (Å²) in [6.45, 7) is 2.77. The summed E-state index contributed by atoms with van der Waals surface area (Å²) < 4.78 is 4.91. The van der Waals surface area contributed by atoms with Crippen molar-refractivity contribution in [3.63, 3.8) is 0 Å². The van der Waals surface area contributed by atoms with Crippen LogP contribution in [0, 0.1) is 6.92 Å². The van der Waals surface area contributed by atoms with Gasteiger partial charge in [0.25, 0.3) is 0 Å². The van der Waals surface area contributed by atoms with Crippen LogP contribution in [0.2, 0.25) is 0 Å². The van der Waals surface area contributed by atoms with E-state index in [0.717, 1.165) is 18.8 Å². The monoisotopic (exact) mass is 227 g/mol. The highest BCUT2D eigenvalue weighted by Gasteiger charge is 2.12. The summed E-state index contributed by atoms with van der Waals surface area (Å²) in [5, 5.41) is 7.40. The molecule has 2 heterocycles. The van der Waals surface area contributed by atoms with Gasteiger partial charge in [-0.2, -0.15) is 16.7 Å². The molecule has 0 spiro atoms. The summed E-state index contributed by atoms with van der Waals surface area (Å²) in [5.74, 6) is 4.02. The minimum atomic E-state index is 0.651. The first-order valence-electron chi connectivity index (χ1n) is 5.45. The third-order valence-electron chi connectivity index (χ3n) is 2.51. The van der Waals surface area contributed by atoms with Gasteiger partial charge in [0.15, 0.2) is 5.82 Å². The molecule has 1 aromatic rings. The van der Waals surface area contributed by atoms with E-state index in [-0.39, 0.29) is 0 Å². The van der Waals surface area contributed by atoms with Crippen molar-refractivity contribution in [3.05, 3.63) is 11.7 Å². The Kier molecular flexibility index (Phi) is 4.02. The number of nitrogens with one attached hydrogen (secondary N) is 1. The molecule has 0 aromatic carbocycles. The maximum absolute atomic E-state index is 4.91. The molecule has 15 heavy (non-hydrogen) atoms. The van der Waals surface area contributed by atoms with Crippen LogP contribution in [0.4, 0.5) is 0 Å². The molecule has 1 aliphatic heterocycles. The van der Waals surface area contributed by atoms with E-state index in [0.29, 0.717) is 11.9 Å². The van der Waals surface area contributed by atoms with Crippen LogP contribution in [0.15, 0.2) is 4.52 Å². The molecule has 1 N–H and O–H groups in total. The minimum absolute atomic E-state index is 0.651. The summed E-state index contributed by atoms with van der Waals surface area (Å²) in [6.07, 6.45) is 3.50. The number of hydrogen-bond acceptors (Lipinski definition) is 5. The van der Waals surface area contributed by atoms with Crippen molar-refractivity contribution in [2.75, 3.05) is 18.1 Å². The van der Waals surface area contributed by atoms with Crippen molar-refractivity contribution in [1.82, 2.24) is 15.5 Å². The number of aromatic nitrogens is 2. The molecule has 2 rings (SSSR count). The van der Waals surface area contributed by atoms with Gasteiger partial charge in [0, 0.05) is 31.7 Å². The fourth-order valence-corrected chi connectivity index (χ4v) is 2.84. The SMILES string of the molecule is Cc1nc(CCNC2CCCSC2)no1. The van der Waals surface area contributed by atoms with E-state index >= 15 is 0 Å². The van der Waals surface area contributed by atoms with Crippen molar-refractivity contribution < 1.29 is 4.52 Å². The number of rotatable bonds is 4. The van der Waals surface area contributed by atoms with Crippen LogP contribution in [0.1, 0.15) is 24.6 Å². The number of thioether (sulfide) groups is 1. The maximum atomic E-state index is 4.91. The summed E-state index contributed by atoms with van der Waals surface area (Å²) in [7, 11) is 0. The Morgan fingerprint density at radius 2 is 2.53 bits per heavy atom. The van der Waals surface area contributed by atoms with Crippen LogP contribution in [-0.4, -0.2) is 34.2 Å². The van der Waals surface area contributed by atoms with E-state index in [1.807, 2.05) is 18.7 Å². The summed E-state index contributed by atoms with van der Waals surface area (Å²) in [4.78, 5) is 4.17. The summed E-state index contributed by atoms with van der Waals surface area (Å²) in [5.41, 5.74) is 0. The predicted octanol–water partition coefficient (Wildman–Crippen LogP) is 1.41. The highest BCUT2D eigenvalue weighted by atomic mass is 32.2. The van der Waals surface area contributed by atoms with Gasteiger partial charge in [-0.15, -0.1) is 0 Å². The second kappa shape index (κ2) is 5.51. The molecule has 5 heteroatoms. The second-order valence-electron chi connectivity index (χ2n) is 3.85. The first kappa shape index (κ1) is 11.0. The number of nitrogens with zero attached hydrogens (tertiary/aromatic N) is 2. The van der Waals surface area contributed by atoms with Gasteiger partial charge in [0.1, 0.15) is 0 Å². The van der Waals surface area contributed by atoms with Gasteiger partial charge in [-0.25, -0.2) is 0 Å². The lowest BCUT2D eigenvalue weighted by Gasteiger charge is -2.22. The second-order valence-corrected chi connectivity index (χ2v) is 5.00. The Hall–Kier alpha value is -0.550. The summed E-state index contributed by atoms with van der Waals surface area (Å²) in [6, 6.07) is 0.678. The highest BCUT2D eigenvalue weighted by molar-refractivity contribution is 7.99. The lowest BCUT2D eigenvalue weighted by Crippen LogP contribution is -2.35. The zero-order valence-electron chi connectivity index (χ0n) is 9.03. The van der Waals surface area contributed by atoms with E-state index in [2.05, 4.69) is 15.5 Å². The van der Waals surface area contributed by atoms with Gasteiger partial charge in [-0.3, -0.25) is 0 Å².